The Kier molecular flexibility index (Phi) is 4.20. The lowest BCUT2D eigenvalue weighted by molar-refractivity contribution is 1.16. The Bertz CT molecular complexity index is 280. The Balaban J connectivity index is 0.00000121. The van der Waals surface area contributed by atoms with Gasteiger partial charge in [0.2, 0.25) is 0 Å². The third-order valence-electron chi connectivity index (χ3n) is 1.19. The minimum Gasteiger partial charge on any atom is -0.382 e. The van der Waals surface area contributed by atoms with Gasteiger partial charge in [-0.25, -0.2) is 4.98 Å². The van der Waals surface area contributed by atoms with E-state index in [9.17, 15) is 0 Å². The molecule has 0 amide bonds. The fourth-order valence-corrected chi connectivity index (χ4v) is 1.31. The number of halogens is 2. The van der Waals surface area contributed by atoms with E-state index < -0.39 is 0 Å². The summed E-state index contributed by atoms with van der Waals surface area (Å²) in [4.78, 5) is 4.05. The first-order valence-electron chi connectivity index (χ1n) is 3.08. The average Bonchev–Trinajstić information content (AvgIpc) is 1.85. The van der Waals surface area contributed by atoms with E-state index in [2.05, 4.69) is 20.9 Å². The highest BCUT2D eigenvalue weighted by Gasteiger charge is 1.99. The molecular weight excluding hydrogens is 241 g/mol. The van der Waals surface area contributed by atoms with Crippen LogP contribution in [0.25, 0.3) is 0 Å². The molecule has 66 valence electrons. The van der Waals surface area contributed by atoms with Crippen LogP contribution in [0.3, 0.4) is 0 Å². The van der Waals surface area contributed by atoms with E-state index in [0.29, 0.717) is 5.69 Å². The molecule has 0 unspecified atom stereocenters. The van der Waals surface area contributed by atoms with Gasteiger partial charge in [-0.1, -0.05) is 15.9 Å². The van der Waals surface area contributed by atoms with Gasteiger partial charge in [0.25, 0.3) is 0 Å². The minimum atomic E-state index is -0.00519. The number of pyridine rings is 1. The summed E-state index contributed by atoms with van der Waals surface area (Å²) in [5, 5.41) is 7.12. The van der Waals surface area contributed by atoms with Crippen LogP contribution in [-0.4, -0.2) is 10.8 Å². The van der Waals surface area contributed by atoms with Gasteiger partial charge in [-0.05, 0) is 19.1 Å². The van der Waals surface area contributed by atoms with Crippen LogP contribution in [0.15, 0.2) is 16.6 Å². The first-order chi connectivity index (χ1) is 5.09. The normalized spacial score (nSPS) is 8.83. The number of rotatable bonds is 1. The molecule has 0 atom stereocenters. The standard InChI is InChI=1S/C7H8BrN3.ClH/c1-4-2-5(8)3-6(11-4)7(9)10;/h2-3H,1H3,(H3,9,10);1H. The number of nitrogens with zero attached hydrogens (tertiary/aromatic N) is 1. The van der Waals surface area contributed by atoms with Crippen molar-refractivity contribution in [2.75, 3.05) is 0 Å². The number of nitrogen functional groups attached to an aromatic ring is 1. The van der Waals surface area contributed by atoms with Gasteiger partial charge in [0.1, 0.15) is 11.5 Å². The maximum atomic E-state index is 7.12. The Labute approximate surface area is 85.4 Å². The molecule has 1 aromatic rings. The van der Waals surface area contributed by atoms with Crippen molar-refractivity contribution in [3.63, 3.8) is 0 Å². The summed E-state index contributed by atoms with van der Waals surface area (Å²) in [5.74, 6) is -0.00519. The smallest absolute Gasteiger partial charge is 0.141 e. The van der Waals surface area contributed by atoms with Gasteiger partial charge in [-0.3, -0.25) is 5.41 Å². The van der Waals surface area contributed by atoms with E-state index in [4.69, 9.17) is 11.1 Å². The molecule has 0 aliphatic heterocycles. The predicted octanol–water partition coefficient (Wildman–Crippen LogP) is 1.86. The molecule has 12 heavy (non-hydrogen) atoms. The molecule has 0 spiro atoms. The molecule has 1 rings (SSSR count). The SMILES string of the molecule is Cc1cc(Br)cc(C(=N)N)n1.Cl. The lowest BCUT2D eigenvalue weighted by Gasteiger charge is -1.99. The number of nitrogens with two attached hydrogens (primary N) is 1. The zero-order valence-corrected chi connectivity index (χ0v) is 8.87. The third-order valence-corrected chi connectivity index (χ3v) is 1.65. The summed E-state index contributed by atoms with van der Waals surface area (Å²) < 4.78 is 0.898. The molecule has 0 saturated heterocycles. The van der Waals surface area contributed by atoms with Crippen molar-refractivity contribution < 1.29 is 0 Å². The monoisotopic (exact) mass is 249 g/mol. The van der Waals surface area contributed by atoms with E-state index in [1.54, 1.807) is 6.07 Å². The van der Waals surface area contributed by atoms with Gasteiger partial charge in [-0.15, -0.1) is 12.4 Å². The van der Waals surface area contributed by atoms with E-state index in [0.717, 1.165) is 10.2 Å². The van der Waals surface area contributed by atoms with Crippen molar-refractivity contribution in [2.45, 2.75) is 6.92 Å². The van der Waals surface area contributed by atoms with Crippen LogP contribution in [0, 0.1) is 12.3 Å². The highest BCUT2D eigenvalue weighted by molar-refractivity contribution is 9.10. The summed E-state index contributed by atoms with van der Waals surface area (Å²) in [7, 11) is 0. The fraction of sp³-hybridized carbons (Fsp3) is 0.143. The van der Waals surface area contributed by atoms with Crippen LogP contribution < -0.4 is 5.73 Å². The lowest BCUT2D eigenvalue weighted by atomic mass is 10.3. The summed E-state index contributed by atoms with van der Waals surface area (Å²) >= 11 is 3.29. The van der Waals surface area contributed by atoms with Crippen LogP contribution in [-0.2, 0) is 0 Å². The first kappa shape index (κ1) is 11.4. The molecule has 1 heterocycles. The second kappa shape index (κ2) is 4.42. The maximum Gasteiger partial charge on any atom is 0.141 e. The molecule has 0 fully saturated rings. The van der Waals surface area contributed by atoms with Gasteiger partial charge in [0, 0.05) is 10.2 Å². The molecule has 3 N–H and O–H groups in total. The Morgan fingerprint density at radius 1 is 1.58 bits per heavy atom. The van der Waals surface area contributed by atoms with Crippen molar-refractivity contribution in [1.82, 2.24) is 4.98 Å². The molecular formula is C7H9BrClN3. The molecule has 1 aromatic heterocycles. The number of aryl methyl sites for hydroxylation is 1. The highest BCUT2D eigenvalue weighted by atomic mass is 79.9. The Morgan fingerprint density at radius 3 is 2.58 bits per heavy atom. The number of hydrogen-bond acceptors (Lipinski definition) is 2. The van der Waals surface area contributed by atoms with Gasteiger partial charge in [0.05, 0.1) is 0 Å². The van der Waals surface area contributed by atoms with E-state index in [1.807, 2.05) is 13.0 Å². The molecule has 0 aliphatic rings. The summed E-state index contributed by atoms with van der Waals surface area (Å²) in [6.45, 7) is 1.86. The molecule has 0 aliphatic carbocycles. The van der Waals surface area contributed by atoms with Crippen molar-refractivity contribution >= 4 is 34.2 Å². The summed E-state index contributed by atoms with van der Waals surface area (Å²) in [6, 6.07) is 3.59. The molecule has 5 heteroatoms. The van der Waals surface area contributed by atoms with E-state index in [-0.39, 0.29) is 18.2 Å². The van der Waals surface area contributed by atoms with Gasteiger partial charge in [-0.2, -0.15) is 0 Å². The summed E-state index contributed by atoms with van der Waals surface area (Å²) in [6.07, 6.45) is 0. The van der Waals surface area contributed by atoms with Crippen molar-refractivity contribution in [2.24, 2.45) is 5.73 Å². The second-order valence-corrected chi connectivity index (χ2v) is 3.14. The van der Waals surface area contributed by atoms with E-state index >= 15 is 0 Å². The highest BCUT2D eigenvalue weighted by Crippen LogP contribution is 2.11. The first-order valence-corrected chi connectivity index (χ1v) is 3.87. The van der Waals surface area contributed by atoms with Crippen molar-refractivity contribution in [1.29, 1.82) is 5.41 Å². The topological polar surface area (TPSA) is 62.8 Å². The molecule has 0 aromatic carbocycles. The van der Waals surface area contributed by atoms with Crippen molar-refractivity contribution in [3.05, 3.63) is 28.0 Å². The lowest BCUT2D eigenvalue weighted by Crippen LogP contribution is -2.13. The van der Waals surface area contributed by atoms with Crippen molar-refractivity contribution in [3.8, 4) is 0 Å². The quantitative estimate of drug-likeness (QED) is 0.590. The molecule has 0 saturated carbocycles. The number of hydrogen-bond donors (Lipinski definition) is 2. The molecule has 0 radical (unpaired) electrons. The van der Waals surface area contributed by atoms with Crippen LogP contribution in [0.2, 0.25) is 0 Å². The average molecular weight is 251 g/mol. The third kappa shape index (κ3) is 2.79. The molecule has 3 nitrogen and oxygen atoms in total. The largest absolute Gasteiger partial charge is 0.382 e. The van der Waals surface area contributed by atoms with Crippen LogP contribution in [0.1, 0.15) is 11.4 Å². The van der Waals surface area contributed by atoms with Crippen LogP contribution in [0.4, 0.5) is 0 Å². The Morgan fingerprint density at radius 2 is 2.17 bits per heavy atom. The van der Waals surface area contributed by atoms with Crippen LogP contribution in [0.5, 0.6) is 0 Å². The maximum absolute atomic E-state index is 7.12. The van der Waals surface area contributed by atoms with Crippen LogP contribution >= 0.6 is 28.3 Å². The minimum absolute atomic E-state index is 0. The predicted molar refractivity (Wildman–Crippen MR) is 54.9 cm³/mol. The number of amidine groups is 1. The Hall–Kier alpha value is -0.610. The second-order valence-electron chi connectivity index (χ2n) is 2.23. The number of nitrogens with one attached hydrogen (secondary N) is 1. The number of aromatic nitrogens is 1. The zero-order valence-electron chi connectivity index (χ0n) is 6.47. The zero-order chi connectivity index (χ0) is 8.43. The molecule has 0 bridgehead atoms. The van der Waals surface area contributed by atoms with E-state index in [1.165, 1.54) is 0 Å². The van der Waals surface area contributed by atoms with Gasteiger partial charge in [0.15, 0.2) is 0 Å². The summed E-state index contributed by atoms with van der Waals surface area (Å²) in [5.41, 5.74) is 6.61. The van der Waals surface area contributed by atoms with Gasteiger partial charge < -0.3 is 5.73 Å². The fourth-order valence-electron chi connectivity index (χ4n) is 0.764. The van der Waals surface area contributed by atoms with Gasteiger partial charge >= 0.3 is 0 Å².